The Kier molecular flexibility index (Phi) is 56.0. The van der Waals surface area contributed by atoms with E-state index in [2.05, 4.69) is 192 Å². The zero-order valence-electron chi connectivity index (χ0n) is 83.1. The first-order valence-electron chi connectivity index (χ1n) is 47.2. The van der Waals surface area contributed by atoms with Gasteiger partial charge in [-0.25, -0.2) is 47.9 Å². The summed E-state index contributed by atoms with van der Waals surface area (Å²) in [6, 6.07) is 40.2. The molecular formula is C95H123B3ClN33O16S2. The predicted molar refractivity (Wildman–Crippen MR) is 567 cm³/mol. The molecule has 7 aromatic heterocycles. The Labute approximate surface area is 876 Å². The van der Waals surface area contributed by atoms with Gasteiger partial charge in [0.2, 0.25) is 10.1 Å². The molecule has 5 aromatic carbocycles. The maximum atomic E-state index is 12.1. The number of ketones is 1. The fourth-order valence-electron chi connectivity index (χ4n) is 13.5. The number of carboxylic acids is 1. The minimum absolute atomic E-state index is 0.0423. The number of hydrogen-bond donors (Lipinski definition) is 21. The van der Waals surface area contributed by atoms with E-state index in [1.54, 1.807) is 86.0 Å². The average molecular weight is 2120 g/mol. The SMILES string of the molecule is CNCCCNC(=O)c1ncc[nH]1.CNCCCNC(=O)c1ncc[nH]1.N=BCC(=O)O.NCCCNC(=O)OCC1c2ccccc2-c2ccccc21.NCCCNC(=O)c1ncc[nH]1.O=C(C1=NC=CC1)c1ncc[nH]1.O=C(NCCCNC(=O)c1ncc[nH]1)OCC1c2ccccc2-c2ccccc21.O=S(=O)(Cl)c1nc2ccccc2s1.[B]=NCC(=O)N(CCNC)NC(=O)c1ncc[nH]1.[B]=NCC(=O)N1CCN(C)CN1. The van der Waals surface area contributed by atoms with Gasteiger partial charge in [0.05, 0.1) is 15.9 Å². The third-order valence-corrected chi connectivity index (χ3v) is 23.7. The summed E-state index contributed by atoms with van der Waals surface area (Å²) in [5.74, 6) is -0.829. The number of aromatic amines is 6. The number of alkyl carbamates (subject to hydrolysis) is 2. The van der Waals surface area contributed by atoms with Crippen molar-refractivity contribution in [3.63, 3.8) is 0 Å². The summed E-state index contributed by atoms with van der Waals surface area (Å²) in [6.07, 6.45) is 25.8. The number of carbonyl (C=O) groups is 11. The topological polar surface area (TPSA) is 701 Å². The van der Waals surface area contributed by atoms with E-state index >= 15 is 0 Å². The Hall–Kier alpha value is -15.8. The van der Waals surface area contributed by atoms with Crippen LogP contribution in [0.25, 0.3) is 32.5 Å². The van der Waals surface area contributed by atoms with Crippen LogP contribution in [-0.4, -0.2) is 339 Å². The average Bonchev–Trinajstić information content (AvgIpc) is 1.62. The second-order valence-corrected chi connectivity index (χ2v) is 35.4. The van der Waals surface area contributed by atoms with Gasteiger partial charge in [0.1, 0.15) is 13.2 Å². The number of allylic oxidation sites excluding steroid dienone is 1. The predicted octanol–water partition coefficient (Wildman–Crippen LogP) is 5.09. The number of halogens is 1. The number of carboxylic acid groups (broad SMARTS) is 1. The molecule has 1 saturated heterocycles. The summed E-state index contributed by atoms with van der Waals surface area (Å²) in [6.45, 7) is 9.84. The molecule has 49 nitrogen and oxygen atoms in total. The molecule has 23 N–H and O–H groups in total. The molecule has 792 valence electrons. The number of hydrogen-bond acceptors (Lipinski definition) is 34. The van der Waals surface area contributed by atoms with Gasteiger partial charge in [-0.05, 0) is 129 Å². The van der Waals surface area contributed by atoms with Crippen LogP contribution in [0.15, 0.2) is 227 Å². The molecule has 0 bridgehead atoms. The van der Waals surface area contributed by atoms with Crippen LogP contribution in [0.1, 0.15) is 136 Å². The number of imidazole rings is 6. The number of nitrogens with two attached hydrogens (primary N) is 2. The molecule has 0 atom stereocenters. The number of nitrogens with zero attached hydrogens (tertiary/aromatic N) is 13. The van der Waals surface area contributed by atoms with Crippen molar-refractivity contribution in [3.8, 4) is 22.3 Å². The molecule has 0 spiro atoms. The summed E-state index contributed by atoms with van der Waals surface area (Å²) in [4.78, 5) is 180. The molecule has 2 radical (unpaired) electrons. The van der Waals surface area contributed by atoms with Crippen LogP contribution in [0.5, 0.6) is 0 Å². The second-order valence-electron chi connectivity index (χ2n) is 31.6. The van der Waals surface area contributed by atoms with Crippen molar-refractivity contribution in [2.24, 2.45) is 26.3 Å². The van der Waals surface area contributed by atoms with Gasteiger partial charge in [-0.15, -0.1) is 11.3 Å². The number of Topliss-reactive ketones (excluding diaryl/α,β-unsaturated/α-hetero) is 1. The van der Waals surface area contributed by atoms with Crippen LogP contribution < -0.4 is 70.2 Å². The number of para-hydroxylation sites is 1. The molecule has 0 unspecified atom stereocenters. The Morgan fingerprint density at radius 3 is 1.25 bits per heavy atom. The zero-order chi connectivity index (χ0) is 108. The van der Waals surface area contributed by atoms with Gasteiger partial charge in [0.15, 0.2) is 29.1 Å². The van der Waals surface area contributed by atoms with Crippen LogP contribution in [0.3, 0.4) is 0 Å². The number of aliphatic imine (C=N–C) groups is 1. The van der Waals surface area contributed by atoms with E-state index in [4.69, 9.17) is 57.3 Å². The van der Waals surface area contributed by atoms with Gasteiger partial charge < -0.3 is 88.4 Å². The van der Waals surface area contributed by atoms with Crippen molar-refractivity contribution in [2.45, 2.75) is 61.0 Å². The van der Waals surface area contributed by atoms with E-state index < -0.39 is 32.9 Å². The van der Waals surface area contributed by atoms with Crippen molar-refractivity contribution in [1.82, 2.24) is 138 Å². The maximum absolute atomic E-state index is 12.1. The molecule has 150 heavy (non-hydrogen) atoms. The van der Waals surface area contributed by atoms with Crippen LogP contribution in [-0.2, 0) is 32.9 Å². The van der Waals surface area contributed by atoms with Crippen molar-refractivity contribution in [2.75, 3.05) is 153 Å². The number of likely N-dealkylation sites (N-methyl/N-ethyl adjacent to an activating group) is 2. The van der Waals surface area contributed by atoms with Crippen LogP contribution >= 0.6 is 22.0 Å². The first-order chi connectivity index (χ1) is 72.7. The van der Waals surface area contributed by atoms with Crippen molar-refractivity contribution >= 4 is 135 Å². The Bertz CT molecular complexity index is 6150. The minimum atomic E-state index is -3.69. The van der Waals surface area contributed by atoms with E-state index in [1.807, 2.05) is 81.8 Å². The molecule has 4 aliphatic rings. The monoisotopic (exact) mass is 2110 g/mol. The third-order valence-electron chi connectivity index (χ3n) is 20.8. The van der Waals surface area contributed by atoms with E-state index in [0.29, 0.717) is 133 Å². The molecular weight excluding hydrogens is 1990 g/mol. The van der Waals surface area contributed by atoms with Crippen molar-refractivity contribution in [1.29, 1.82) is 5.31 Å². The summed E-state index contributed by atoms with van der Waals surface area (Å²) >= 11 is 1.07. The summed E-state index contributed by atoms with van der Waals surface area (Å²) in [5, 5.41) is 41.9. The van der Waals surface area contributed by atoms with E-state index in [-0.39, 0.29) is 95.3 Å². The summed E-state index contributed by atoms with van der Waals surface area (Å²) < 4.78 is 33.5. The number of hydrazine groups is 2. The number of ether oxygens (including phenoxy) is 2. The number of aromatic nitrogens is 13. The molecule has 0 saturated carbocycles. The summed E-state index contributed by atoms with van der Waals surface area (Å²) in [7, 11) is 19.7. The van der Waals surface area contributed by atoms with Gasteiger partial charge in [0, 0.05) is 136 Å². The van der Waals surface area contributed by atoms with E-state index in [0.717, 1.165) is 73.4 Å². The Morgan fingerprint density at radius 1 is 0.520 bits per heavy atom. The third kappa shape index (κ3) is 43.3. The van der Waals surface area contributed by atoms with Crippen LogP contribution in [0.4, 0.5) is 9.59 Å². The van der Waals surface area contributed by atoms with E-state index in [9.17, 15) is 61.2 Å². The number of rotatable bonds is 39. The van der Waals surface area contributed by atoms with Crippen LogP contribution in [0.2, 0.25) is 6.32 Å². The number of benzene rings is 5. The molecule has 1 fully saturated rings. The number of H-pyrrole nitrogens is 6. The molecule has 55 heteroatoms. The van der Waals surface area contributed by atoms with Crippen molar-refractivity contribution < 1.29 is 75.7 Å². The Balaban J connectivity index is 0.000000231. The van der Waals surface area contributed by atoms with Gasteiger partial charge >= 0.3 is 223 Å². The van der Waals surface area contributed by atoms with Crippen molar-refractivity contribution in [3.05, 3.63) is 265 Å². The van der Waals surface area contributed by atoms with Gasteiger partial charge in [-0.3, -0.25) is 29.0 Å². The number of thiazole rings is 1. The van der Waals surface area contributed by atoms with E-state index in [1.165, 1.54) is 69.3 Å². The fraction of sp³-hybridized carbons (Fsp3) is 0.337. The molecule has 9 amide bonds. The first-order valence-corrected chi connectivity index (χ1v) is 50.3. The molecule has 2 aliphatic carbocycles. The second kappa shape index (κ2) is 69.3. The number of fused-ring (bicyclic) bond motifs is 7. The molecule has 12 aromatic rings. The summed E-state index contributed by atoms with van der Waals surface area (Å²) in [5.41, 5.74) is 26.9. The fourth-order valence-corrected chi connectivity index (χ4v) is 15.4. The zero-order valence-corrected chi connectivity index (χ0v) is 85.5. The van der Waals surface area contributed by atoms with Gasteiger partial charge in [0.25, 0.3) is 32.7 Å². The standard InChI is InChI=1S/C22H22N4O3.C18H20N2O2.C9H14BN6O2.2C8H14N4O.C8H7N3O.C7H4ClNO2S2.C7H12N4O.C6H12BN4O.C2H4BNO2/c27-21(20-23-12-13-24-20)25-10-5-11-26-22(28)29-14-19-17-8-3-1-6-15(17)16-7-2-4-9-18(16)19;19-10-5-11-20-18(21)22-12-17-15-8-3-1-6-13(15)14-7-2-4-9-16(14)17;1-11-4-5-16(7(17)6-14-10)15-9(18)8-12-2-3-13-8;2*1-9-3-2-4-12-8(13)7-10-5-6-11-7;12-7(6-2-1-3-9-6)8-10-4-5-11-8;8-13(10,11)7-9-5-3-1-2-4-6(5)12-7;8-2-1-3-11-7(12)6-9-4-5-10-6;1-10-2-3-11(9-5-10)6(12)4-8-7;4-3-1-2(5)6/h1-4,6-9,12-13,19H,5,10-11,14H2,(H,23,24)(H,25,27)(H,26,28);1-4,6-9,17H,5,10-12,19H2,(H,20,21);2-3,11H,4-6H2,1H3,(H,12,13)(H,15,18);2*5-6,9H,2-4H2,1H3,(H,10,11)(H,12,13);1,3-5H,2H2,(H,10,11);1-4H;4-5H,1-3,8H2,(H,9,10)(H,11,12);9H,2-5H2,1H3;4H,1H2,(H,5,6). The quantitative estimate of drug-likeness (QED) is 0.00784. The van der Waals surface area contributed by atoms with Crippen LogP contribution in [0, 0.1) is 5.31 Å². The van der Waals surface area contributed by atoms with Gasteiger partial charge in [-0.1, -0.05) is 115 Å². The number of aliphatic carboxylic acids is 1. The number of nitrogens with one attached hydrogen (secondary N) is 18. The van der Waals surface area contributed by atoms with Gasteiger partial charge in [-0.2, -0.15) is 0 Å². The number of carbonyl (C=O) groups excluding carboxylic acids is 10. The normalized spacial score (nSPS) is 11.9. The molecule has 16 rings (SSSR count). The first kappa shape index (κ1) is 121. The Morgan fingerprint density at radius 2 is 0.900 bits per heavy atom. The molecule has 2 aliphatic heterocycles. The molecule has 9 heterocycles. The number of amides is 9.